The fourth-order valence-electron chi connectivity index (χ4n) is 3.16. The summed E-state index contributed by atoms with van der Waals surface area (Å²) in [4.78, 5) is 0. The van der Waals surface area contributed by atoms with Crippen molar-refractivity contribution in [1.29, 1.82) is 0 Å². The highest BCUT2D eigenvalue weighted by atomic mass is 79.9. The van der Waals surface area contributed by atoms with Crippen LogP contribution in [-0.2, 0) is 12.0 Å². The summed E-state index contributed by atoms with van der Waals surface area (Å²) in [5, 5.41) is 0. The Kier molecular flexibility index (Phi) is 4.97. The Morgan fingerprint density at radius 1 is 1.20 bits per heavy atom. The van der Waals surface area contributed by atoms with Crippen molar-refractivity contribution in [2.75, 3.05) is 14.2 Å². The summed E-state index contributed by atoms with van der Waals surface area (Å²) >= 11 is 3.75. The summed E-state index contributed by atoms with van der Waals surface area (Å²) in [5.74, 6) is 1.55. The third-order valence-corrected chi connectivity index (χ3v) is 5.21. The van der Waals surface area contributed by atoms with Crippen LogP contribution in [0.15, 0.2) is 10.5 Å². The lowest BCUT2D eigenvalue weighted by molar-refractivity contribution is 0.280. The standard InChI is InChI=1S/C16H24BrNO2/c1-4-11-10-12(19-2)15(20-3)13(14(11)17)16(18)8-6-5-7-9-16/h10H,4-9,18H2,1-3H3. The van der Waals surface area contributed by atoms with E-state index in [1.54, 1.807) is 14.2 Å². The molecule has 0 atom stereocenters. The van der Waals surface area contributed by atoms with Gasteiger partial charge in [-0.15, -0.1) is 0 Å². The minimum atomic E-state index is -0.319. The molecule has 2 N–H and O–H groups in total. The Balaban J connectivity index is 2.64. The molecule has 3 nitrogen and oxygen atoms in total. The van der Waals surface area contributed by atoms with Crippen LogP contribution in [-0.4, -0.2) is 14.2 Å². The van der Waals surface area contributed by atoms with Crippen molar-refractivity contribution in [2.45, 2.75) is 51.0 Å². The molecule has 0 amide bonds. The van der Waals surface area contributed by atoms with Gasteiger partial charge in [0, 0.05) is 15.6 Å². The van der Waals surface area contributed by atoms with Crippen molar-refractivity contribution < 1.29 is 9.47 Å². The maximum absolute atomic E-state index is 6.74. The van der Waals surface area contributed by atoms with Gasteiger partial charge in [-0.05, 0) is 30.9 Å². The fraction of sp³-hybridized carbons (Fsp3) is 0.625. The first-order valence-corrected chi connectivity index (χ1v) is 8.09. The van der Waals surface area contributed by atoms with Gasteiger partial charge in [-0.2, -0.15) is 0 Å². The lowest BCUT2D eigenvalue weighted by atomic mass is 9.76. The van der Waals surface area contributed by atoms with Crippen LogP contribution < -0.4 is 15.2 Å². The van der Waals surface area contributed by atoms with Crippen molar-refractivity contribution in [3.05, 3.63) is 21.7 Å². The highest BCUT2D eigenvalue weighted by molar-refractivity contribution is 9.10. The Bertz CT molecular complexity index is 482. The second kappa shape index (κ2) is 6.35. The number of nitrogens with two attached hydrogens (primary N) is 1. The van der Waals surface area contributed by atoms with Crippen molar-refractivity contribution in [3.8, 4) is 11.5 Å². The lowest BCUT2D eigenvalue weighted by Crippen LogP contribution is -2.39. The smallest absolute Gasteiger partial charge is 0.166 e. The molecule has 4 heteroatoms. The van der Waals surface area contributed by atoms with E-state index >= 15 is 0 Å². The topological polar surface area (TPSA) is 44.5 Å². The maximum Gasteiger partial charge on any atom is 0.166 e. The van der Waals surface area contributed by atoms with E-state index < -0.39 is 0 Å². The third kappa shape index (κ3) is 2.68. The van der Waals surface area contributed by atoms with Crippen LogP contribution >= 0.6 is 15.9 Å². The van der Waals surface area contributed by atoms with Crippen LogP contribution in [0.25, 0.3) is 0 Å². The van der Waals surface area contributed by atoms with E-state index in [4.69, 9.17) is 15.2 Å². The highest BCUT2D eigenvalue weighted by Gasteiger charge is 2.36. The summed E-state index contributed by atoms with van der Waals surface area (Å²) in [7, 11) is 3.37. The molecule has 0 bridgehead atoms. The number of ether oxygens (including phenoxy) is 2. The summed E-state index contributed by atoms with van der Waals surface area (Å²) in [6, 6.07) is 2.04. The molecule has 20 heavy (non-hydrogen) atoms. The molecule has 1 fully saturated rings. The van der Waals surface area contributed by atoms with E-state index in [9.17, 15) is 0 Å². The van der Waals surface area contributed by atoms with Gasteiger partial charge in [0.25, 0.3) is 0 Å². The normalized spacial score (nSPS) is 17.9. The van der Waals surface area contributed by atoms with Crippen molar-refractivity contribution in [1.82, 2.24) is 0 Å². The van der Waals surface area contributed by atoms with Crippen LogP contribution in [0.5, 0.6) is 11.5 Å². The molecule has 0 heterocycles. The molecule has 0 unspecified atom stereocenters. The van der Waals surface area contributed by atoms with E-state index in [2.05, 4.69) is 22.9 Å². The number of hydrogen-bond donors (Lipinski definition) is 1. The zero-order valence-electron chi connectivity index (χ0n) is 12.6. The molecule has 0 aromatic heterocycles. The van der Waals surface area contributed by atoms with Crippen LogP contribution in [0, 0.1) is 0 Å². The Morgan fingerprint density at radius 3 is 2.35 bits per heavy atom. The molecule has 0 radical (unpaired) electrons. The Morgan fingerprint density at radius 2 is 1.85 bits per heavy atom. The molecular formula is C16H24BrNO2. The van der Waals surface area contributed by atoms with E-state index in [-0.39, 0.29) is 5.54 Å². The molecule has 1 aliphatic rings. The molecule has 1 aromatic carbocycles. The quantitative estimate of drug-likeness (QED) is 0.894. The molecule has 112 valence electrons. The predicted octanol–water partition coefficient (Wildman–Crippen LogP) is 4.15. The van der Waals surface area contributed by atoms with E-state index in [1.807, 2.05) is 6.07 Å². The number of methoxy groups -OCH3 is 2. The second-order valence-corrected chi connectivity index (χ2v) is 6.32. The summed E-state index contributed by atoms with van der Waals surface area (Å²) in [6.45, 7) is 2.14. The van der Waals surface area contributed by atoms with Crippen molar-refractivity contribution in [3.63, 3.8) is 0 Å². The van der Waals surface area contributed by atoms with Gasteiger partial charge in [-0.3, -0.25) is 0 Å². The predicted molar refractivity (Wildman–Crippen MR) is 85.6 cm³/mol. The largest absolute Gasteiger partial charge is 0.493 e. The lowest BCUT2D eigenvalue weighted by Gasteiger charge is -2.36. The molecule has 0 spiro atoms. The first kappa shape index (κ1) is 15.6. The zero-order valence-corrected chi connectivity index (χ0v) is 14.2. The summed E-state index contributed by atoms with van der Waals surface area (Å²) in [5.41, 5.74) is 8.72. The maximum atomic E-state index is 6.74. The highest BCUT2D eigenvalue weighted by Crippen LogP contribution is 2.48. The van der Waals surface area contributed by atoms with Gasteiger partial charge in [0.15, 0.2) is 11.5 Å². The van der Waals surface area contributed by atoms with Crippen LogP contribution in [0.4, 0.5) is 0 Å². The van der Waals surface area contributed by atoms with Crippen LogP contribution in [0.1, 0.15) is 50.2 Å². The Hall–Kier alpha value is -0.740. The number of aryl methyl sites for hydroxylation is 1. The summed E-state index contributed by atoms with van der Waals surface area (Å²) in [6.07, 6.45) is 6.54. The van der Waals surface area contributed by atoms with Crippen molar-refractivity contribution >= 4 is 15.9 Å². The molecule has 2 rings (SSSR count). The first-order chi connectivity index (χ1) is 9.57. The van der Waals surface area contributed by atoms with Gasteiger partial charge in [0.1, 0.15) is 0 Å². The number of rotatable bonds is 4. The average molecular weight is 342 g/mol. The Labute approximate surface area is 130 Å². The van der Waals surface area contributed by atoms with Crippen molar-refractivity contribution in [2.24, 2.45) is 5.73 Å². The van der Waals surface area contributed by atoms with E-state index in [0.29, 0.717) is 0 Å². The third-order valence-electron chi connectivity index (χ3n) is 4.31. The van der Waals surface area contributed by atoms with Crippen LogP contribution in [0.2, 0.25) is 0 Å². The molecular weight excluding hydrogens is 318 g/mol. The minimum Gasteiger partial charge on any atom is -0.493 e. The van der Waals surface area contributed by atoms with Gasteiger partial charge in [0.2, 0.25) is 0 Å². The van der Waals surface area contributed by atoms with Gasteiger partial charge in [0.05, 0.1) is 14.2 Å². The molecule has 1 saturated carbocycles. The van der Waals surface area contributed by atoms with E-state index in [0.717, 1.165) is 40.8 Å². The number of halogens is 1. The van der Waals surface area contributed by atoms with Crippen LogP contribution in [0.3, 0.4) is 0 Å². The molecule has 1 aliphatic carbocycles. The fourth-order valence-corrected chi connectivity index (χ4v) is 4.13. The second-order valence-electron chi connectivity index (χ2n) is 5.53. The van der Waals surface area contributed by atoms with Gasteiger partial charge in [-0.1, -0.05) is 42.1 Å². The van der Waals surface area contributed by atoms with Gasteiger partial charge >= 0.3 is 0 Å². The van der Waals surface area contributed by atoms with E-state index in [1.165, 1.54) is 24.8 Å². The monoisotopic (exact) mass is 341 g/mol. The van der Waals surface area contributed by atoms with Gasteiger partial charge < -0.3 is 15.2 Å². The zero-order chi connectivity index (χ0) is 14.8. The SMILES string of the molecule is CCc1cc(OC)c(OC)c(C2(N)CCCCC2)c1Br. The minimum absolute atomic E-state index is 0.319. The number of hydrogen-bond acceptors (Lipinski definition) is 3. The number of benzene rings is 1. The first-order valence-electron chi connectivity index (χ1n) is 7.30. The van der Waals surface area contributed by atoms with Gasteiger partial charge in [-0.25, -0.2) is 0 Å². The molecule has 0 aliphatic heterocycles. The molecule has 1 aromatic rings. The average Bonchev–Trinajstić information content (AvgIpc) is 2.47. The molecule has 0 saturated heterocycles. The summed E-state index contributed by atoms with van der Waals surface area (Å²) < 4.78 is 12.2.